The lowest BCUT2D eigenvalue weighted by atomic mass is 10.0. The highest BCUT2D eigenvalue weighted by Crippen LogP contribution is 2.51. The Morgan fingerprint density at radius 3 is 0.511 bits per heavy atom. The average Bonchev–Trinajstić information content (AvgIpc) is 1.49. The molecule has 9 aromatic carbocycles. The van der Waals surface area contributed by atoms with Gasteiger partial charge in [-0.3, -0.25) is 0 Å². The van der Waals surface area contributed by atoms with Crippen molar-refractivity contribution in [2.75, 3.05) is 0 Å². The van der Waals surface area contributed by atoms with Gasteiger partial charge in [0.1, 0.15) is 11.6 Å². The SMILES string of the molecule is N#Cc1c(-n2c3ccc(C(F)(F)F)cc3c3cc(C(F)(F)F)ccc32)c(-n2c3ccc(C(F)(F)F)cc3c3cc(C(F)(F)F)ccc32)cc(-n2c3ccc(C(F)(F)F)cc3c3cc(C(F)(F)F)ccc32)c1-n1c2ccc(C(F)(F)F)cc2c2cc(C(F)(F)F)ccc21. The van der Waals surface area contributed by atoms with E-state index >= 15 is 0 Å². The highest BCUT2D eigenvalue weighted by Gasteiger charge is 2.41. The molecule has 0 unspecified atom stereocenters. The van der Waals surface area contributed by atoms with Crippen LogP contribution in [0.2, 0.25) is 0 Å². The minimum Gasteiger partial charge on any atom is -0.307 e. The van der Waals surface area contributed by atoms with E-state index in [4.69, 9.17) is 0 Å². The van der Waals surface area contributed by atoms with Crippen molar-refractivity contribution in [1.82, 2.24) is 18.3 Å². The highest BCUT2D eigenvalue weighted by atomic mass is 19.4. The Kier molecular flexibility index (Phi) is 12.9. The van der Waals surface area contributed by atoms with Gasteiger partial charge in [0.05, 0.1) is 111 Å². The number of hydrogen-bond acceptors (Lipinski definition) is 1. The number of alkyl halides is 24. The second kappa shape index (κ2) is 19.5. The second-order valence-electron chi connectivity index (χ2n) is 21.3. The molecule has 0 amide bonds. The van der Waals surface area contributed by atoms with Crippen molar-refractivity contribution in [2.45, 2.75) is 49.4 Å². The fourth-order valence-corrected chi connectivity index (χ4v) is 12.0. The molecular formula is C63H25F24N5. The normalized spacial score (nSPS) is 13.6. The van der Waals surface area contributed by atoms with Crippen LogP contribution in [0.5, 0.6) is 0 Å². The summed E-state index contributed by atoms with van der Waals surface area (Å²) in [6, 6.07) is 15.0. The maximum atomic E-state index is 14.8. The van der Waals surface area contributed by atoms with Gasteiger partial charge >= 0.3 is 49.4 Å². The van der Waals surface area contributed by atoms with Gasteiger partial charge in [-0.15, -0.1) is 0 Å². The molecule has 0 N–H and O–H groups in total. The van der Waals surface area contributed by atoms with Gasteiger partial charge in [-0.1, -0.05) is 0 Å². The van der Waals surface area contributed by atoms with Crippen LogP contribution in [0.1, 0.15) is 50.1 Å². The number of nitriles is 1. The number of rotatable bonds is 4. The first-order valence-corrected chi connectivity index (χ1v) is 26.2. The summed E-state index contributed by atoms with van der Waals surface area (Å²) in [6.07, 6.45) is -42.1. The number of hydrogen-bond donors (Lipinski definition) is 0. The Balaban J connectivity index is 1.35. The fraction of sp³-hybridized carbons (Fsp3) is 0.127. The Labute approximate surface area is 494 Å². The molecule has 0 aliphatic rings. The average molecular weight is 1310 g/mol. The summed E-state index contributed by atoms with van der Waals surface area (Å²) in [5, 5.41) is 6.68. The summed E-state index contributed by atoms with van der Waals surface area (Å²) in [4.78, 5) is 0. The lowest BCUT2D eigenvalue weighted by Gasteiger charge is -2.25. The molecule has 0 aliphatic carbocycles. The molecule has 0 spiro atoms. The Morgan fingerprint density at radius 1 is 0.217 bits per heavy atom. The van der Waals surface area contributed by atoms with Crippen LogP contribution in [-0.4, -0.2) is 18.3 Å². The molecule has 0 atom stereocenters. The van der Waals surface area contributed by atoms with Crippen LogP contribution in [0.3, 0.4) is 0 Å². The molecule has 13 rings (SSSR count). The van der Waals surface area contributed by atoms with Gasteiger partial charge in [-0.25, -0.2) is 0 Å². The van der Waals surface area contributed by atoms with Gasteiger partial charge in [-0.2, -0.15) is 111 Å². The topological polar surface area (TPSA) is 43.5 Å². The monoisotopic (exact) mass is 1310 g/mol. The minimum absolute atomic E-state index is 0.388. The van der Waals surface area contributed by atoms with E-state index in [0.29, 0.717) is 146 Å². The van der Waals surface area contributed by atoms with Crippen molar-refractivity contribution in [3.8, 4) is 28.8 Å². The fourth-order valence-electron chi connectivity index (χ4n) is 12.0. The summed E-state index contributed by atoms with van der Waals surface area (Å²) < 4.78 is 358. The first-order chi connectivity index (χ1) is 42.6. The Morgan fingerprint density at radius 2 is 0.370 bits per heavy atom. The lowest BCUT2D eigenvalue weighted by molar-refractivity contribution is -0.138. The molecule has 4 heterocycles. The van der Waals surface area contributed by atoms with Gasteiger partial charge in [0, 0.05) is 43.1 Å². The molecule has 13 aromatic rings. The predicted octanol–water partition coefficient (Wildman–Crippen LogP) is 22.1. The van der Waals surface area contributed by atoms with Gasteiger partial charge in [0.2, 0.25) is 0 Å². The quantitative estimate of drug-likeness (QED) is 0.162. The van der Waals surface area contributed by atoms with Crippen LogP contribution in [-0.2, 0) is 49.4 Å². The molecule has 29 heteroatoms. The standard InChI is InChI=1S/C63H25F24N5/c64-56(65,66)27-1-9-44-35(17-27)36-18-28(57(67,68)69)2-10-45(36)89(44)52-25-53(90-46-11-3-29(58(70,71)72)19-37(46)38-20-30(59(73,74)75)4-12-47(38)90)55(92-50-15-7-33(62(82,83)84)23-41(50)42-24-34(63(85,86)87)8-16-51(42)92)43(26-88)54(52)91-48-13-5-31(60(76,77)78)21-39(48)40-22-32(61(79,80)81)6-14-49(40)91/h1-25H. The van der Waals surface area contributed by atoms with E-state index in [0.717, 1.165) is 24.3 Å². The molecule has 0 radical (unpaired) electrons. The first kappa shape index (κ1) is 60.9. The number of aromatic nitrogens is 4. The molecule has 92 heavy (non-hydrogen) atoms. The third-order valence-corrected chi connectivity index (χ3v) is 16.0. The maximum Gasteiger partial charge on any atom is 0.416 e. The third-order valence-electron chi connectivity index (χ3n) is 16.0. The summed E-state index contributed by atoms with van der Waals surface area (Å²) in [5.41, 5.74) is -20.6. The second-order valence-corrected chi connectivity index (χ2v) is 21.3. The van der Waals surface area contributed by atoms with E-state index in [1.165, 1.54) is 0 Å². The highest BCUT2D eigenvalue weighted by molar-refractivity contribution is 6.16. The van der Waals surface area contributed by atoms with Crippen molar-refractivity contribution in [2.24, 2.45) is 0 Å². The lowest BCUT2D eigenvalue weighted by Crippen LogP contribution is -2.14. The number of nitrogens with zero attached hydrogens (tertiary/aromatic N) is 5. The zero-order valence-corrected chi connectivity index (χ0v) is 44.7. The van der Waals surface area contributed by atoms with E-state index < -0.39 is 209 Å². The molecule has 0 saturated heterocycles. The van der Waals surface area contributed by atoms with Crippen LogP contribution in [0.25, 0.3) is 110 Å². The zero-order chi connectivity index (χ0) is 66.4. The van der Waals surface area contributed by atoms with Crippen LogP contribution >= 0.6 is 0 Å². The number of fused-ring (bicyclic) bond motifs is 12. The third kappa shape index (κ3) is 9.60. The van der Waals surface area contributed by atoms with Crippen molar-refractivity contribution in [3.05, 3.63) is 202 Å². The van der Waals surface area contributed by atoms with Crippen LogP contribution in [0, 0.1) is 11.3 Å². The van der Waals surface area contributed by atoms with E-state index in [-0.39, 0.29) is 0 Å². The van der Waals surface area contributed by atoms with Crippen LogP contribution in [0.15, 0.2) is 152 Å². The van der Waals surface area contributed by atoms with Crippen LogP contribution < -0.4 is 0 Å². The van der Waals surface area contributed by atoms with Gasteiger partial charge in [0.15, 0.2) is 0 Å². The first-order valence-electron chi connectivity index (χ1n) is 26.2. The zero-order valence-electron chi connectivity index (χ0n) is 44.7. The largest absolute Gasteiger partial charge is 0.416 e. The molecule has 4 aromatic heterocycles. The summed E-state index contributed by atoms with van der Waals surface area (Å²) in [7, 11) is 0. The Bertz CT molecular complexity index is 4740. The van der Waals surface area contributed by atoms with Crippen molar-refractivity contribution < 1.29 is 105 Å². The molecule has 0 aliphatic heterocycles. The molecule has 0 saturated carbocycles. The van der Waals surface area contributed by atoms with Gasteiger partial charge in [0.25, 0.3) is 0 Å². The molecule has 470 valence electrons. The van der Waals surface area contributed by atoms with E-state index in [1.807, 2.05) is 6.07 Å². The van der Waals surface area contributed by atoms with E-state index in [2.05, 4.69) is 0 Å². The predicted molar refractivity (Wildman–Crippen MR) is 289 cm³/mol. The van der Waals surface area contributed by atoms with Crippen molar-refractivity contribution in [3.63, 3.8) is 0 Å². The number of benzene rings is 9. The van der Waals surface area contributed by atoms with E-state index in [9.17, 15) is 111 Å². The maximum absolute atomic E-state index is 14.8. The van der Waals surface area contributed by atoms with Gasteiger partial charge in [-0.05, 0) is 152 Å². The smallest absolute Gasteiger partial charge is 0.307 e. The minimum atomic E-state index is -5.27. The summed E-state index contributed by atoms with van der Waals surface area (Å²) in [6.45, 7) is 0. The molecule has 0 fully saturated rings. The summed E-state index contributed by atoms with van der Waals surface area (Å²) >= 11 is 0. The number of halogens is 24. The Hall–Kier alpha value is -10.0. The van der Waals surface area contributed by atoms with Crippen molar-refractivity contribution >= 4 is 87.2 Å². The summed E-state index contributed by atoms with van der Waals surface area (Å²) in [5.74, 6) is 0. The van der Waals surface area contributed by atoms with E-state index in [1.54, 1.807) is 0 Å². The van der Waals surface area contributed by atoms with Gasteiger partial charge < -0.3 is 18.3 Å². The molecule has 0 bridgehead atoms. The molecular weight excluding hydrogens is 1280 g/mol. The van der Waals surface area contributed by atoms with Crippen molar-refractivity contribution in [1.29, 1.82) is 5.26 Å². The van der Waals surface area contributed by atoms with Crippen LogP contribution in [0.4, 0.5) is 105 Å². The molecule has 5 nitrogen and oxygen atoms in total.